The molecule has 2 heterocycles. The molecule has 0 aliphatic heterocycles. The number of anilines is 1. The molecule has 0 radical (unpaired) electrons. The van der Waals surface area contributed by atoms with Crippen molar-refractivity contribution in [1.82, 2.24) is 9.97 Å². The lowest BCUT2D eigenvalue weighted by Crippen LogP contribution is -2.23. The highest BCUT2D eigenvalue weighted by Crippen LogP contribution is 2.24. The van der Waals surface area contributed by atoms with E-state index in [1.807, 2.05) is 31.0 Å². The van der Waals surface area contributed by atoms with E-state index in [2.05, 4.69) is 32.0 Å². The normalized spacial score (nSPS) is 12.1. The van der Waals surface area contributed by atoms with Crippen LogP contribution in [0.25, 0.3) is 11.0 Å². The lowest BCUT2D eigenvalue weighted by molar-refractivity contribution is 0.717. The van der Waals surface area contributed by atoms with Crippen LogP contribution in [0.2, 0.25) is 0 Å². The Bertz CT molecular complexity index is 605. The standard InChI is InChI=1S/C13H13BrN4/c1-9(6-15)8-18(2)12-3-4-16-11-5-10(14)7-17-13(11)12/h3-5,7,9H,8H2,1-2H3. The quantitative estimate of drug-likeness (QED) is 0.875. The summed E-state index contributed by atoms with van der Waals surface area (Å²) in [5, 5.41) is 8.87. The summed E-state index contributed by atoms with van der Waals surface area (Å²) in [6.07, 6.45) is 3.52. The molecule has 18 heavy (non-hydrogen) atoms. The van der Waals surface area contributed by atoms with E-state index in [0.29, 0.717) is 6.54 Å². The molecule has 5 heteroatoms. The highest BCUT2D eigenvalue weighted by Gasteiger charge is 2.11. The van der Waals surface area contributed by atoms with Crippen molar-refractivity contribution in [2.24, 2.45) is 5.92 Å². The van der Waals surface area contributed by atoms with Crippen LogP contribution in [0.1, 0.15) is 6.92 Å². The predicted octanol–water partition coefficient (Wildman–Crippen LogP) is 2.99. The third-order valence-corrected chi connectivity index (χ3v) is 3.14. The molecule has 0 fully saturated rings. The van der Waals surface area contributed by atoms with Crippen LogP contribution in [0.5, 0.6) is 0 Å². The second-order valence-corrected chi connectivity index (χ2v) is 5.18. The van der Waals surface area contributed by atoms with Crippen LogP contribution in [-0.4, -0.2) is 23.6 Å². The van der Waals surface area contributed by atoms with Gasteiger partial charge in [0.05, 0.1) is 23.2 Å². The number of rotatable bonds is 3. The van der Waals surface area contributed by atoms with E-state index >= 15 is 0 Å². The lowest BCUT2D eigenvalue weighted by Gasteiger charge is -2.21. The van der Waals surface area contributed by atoms with Gasteiger partial charge in [0.15, 0.2) is 0 Å². The molecule has 0 N–H and O–H groups in total. The molecule has 2 aromatic heterocycles. The van der Waals surface area contributed by atoms with Crippen molar-refractivity contribution >= 4 is 32.7 Å². The number of halogens is 1. The van der Waals surface area contributed by atoms with Gasteiger partial charge in [0.1, 0.15) is 5.52 Å². The fourth-order valence-electron chi connectivity index (χ4n) is 1.85. The summed E-state index contributed by atoms with van der Waals surface area (Å²) in [6, 6.07) is 6.10. The molecule has 2 aromatic rings. The maximum absolute atomic E-state index is 8.87. The van der Waals surface area contributed by atoms with E-state index in [0.717, 1.165) is 21.2 Å². The van der Waals surface area contributed by atoms with E-state index in [1.54, 1.807) is 12.4 Å². The van der Waals surface area contributed by atoms with Gasteiger partial charge >= 0.3 is 0 Å². The minimum absolute atomic E-state index is 0.0198. The molecule has 0 saturated heterocycles. The summed E-state index contributed by atoms with van der Waals surface area (Å²) >= 11 is 3.39. The molecule has 2 rings (SSSR count). The number of pyridine rings is 2. The Morgan fingerprint density at radius 2 is 2.28 bits per heavy atom. The van der Waals surface area contributed by atoms with E-state index in [-0.39, 0.29) is 5.92 Å². The molecule has 1 atom stereocenters. The summed E-state index contributed by atoms with van der Waals surface area (Å²) in [5.74, 6) is -0.0198. The Kier molecular flexibility index (Phi) is 3.78. The maximum atomic E-state index is 8.87. The number of nitrogens with zero attached hydrogens (tertiary/aromatic N) is 4. The number of hydrogen-bond donors (Lipinski definition) is 0. The van der Waals surface area contributed by atoms with Crippen LogP contribution >= 0.6 is 15.9 Å². The van der Waals surface area contributed by atoms with Crippen molar-refractivity contribution in [3.8, 4) is 6.07 Å². The van der Waals surface area contributed by atoms with Gasteiger partial charge in [0, 0.05) is 30.5 Å². The third-order valence-electron chi connectivity index (χ3n) is 2.70. The minimum Gasteiger partial charge on any atom is -0.371 e. The van der Waals surface area contributed by atoms with Gasteiger partial charge in [-0.25, -0.2) is 0 Å². The van der Waals surface area contributed by atoms with Crippen LogP contribution in [0.15, 0.2) is 29.0 Å². The molecule has 0 aliphatic carbocycles. The molecule has 92 valence electrons. The summed E-state index contributed by atoms with van der Waals surface area (Å²) in [4.78, 5) is 10.7. The van der Waals surface area contributed by atoms with E-state index in [4.69, 9.17) is 5.26 Å². The van der Waals surface area contributed by atoms with Crippen molar-refractivity contribution < 1.29 is 0 Å². The van der Waals surface area contributed by atoms with E-state index in [1.165, 1.54) is 0 Å². The number of nitriles is 1. The summed E-state index contributed by atoms with van der Waals surface area (Å²) in [6.45, 7) is 2.58. The van der Waals surface area contributed by atoms with Gasteiger partial charge in [-0.1, -0.05) is 0 Å². The topological polar surface area (TPSA) is 52.8 Å². The average Bonchev–Trinajstić information content (AvgIpc) is 2.37. The smallest absolute Gasteiger partial charge is 0.112 e. The van der Waals surface area contributed by atoms with Crippen molar-refractivity contribution in [1.29, 1.82) is 5.26 Å². The fourth-order valence-corrected chi connectivity index (χ4v) is 2.17. The fraction of sp³-hybridized carbons (Fsp3) is 0.308. The summed E-state index contributed by atoms with van der Waals surface area (Å²) in [7, 11) is 1.96. The van der Waals surface area contributed by atoms with Crippen LogP contribution < -0.4 is 4.90 Å². The van der Waals surface area contributed by atoms with Gasteiger partial charge in [-0.15, -0.1) is 0 Å². The first-order chi connectivity index (χ1) is 8.61. The van der Waals surface area contributed by atoms with Crippen molar-refractivity contribution in [3.05, 3.63) is 29.0 Å². The lowest BCUT2D eigenvalue weighted by atomic mass is 10.2. The van der Waals surface area contributed by atoms with Gasteiger partial charge in [-0.3, -0.25) is 9.97 Å². The minimum atomic E-state index is -0.0198. The van der Waals surface area contributed by atoms with Crippen LogP contribution in [0.4, 0.5) is 5.69 Å². The molecule has 0 amide bonds. The van der Waals surface area contributed by atoms with Gasteiger partial charge in [0.25, 0.3) is 0 Å². The zero-order chi connectivity index (χ0) is 13.1. The Morgan fingerprint density at radius 3 is 3.00 bits per heavy atom. The second kappa shape index (κ2) is 5.32. The molecule has 0 saturated carbocycles. The highest BCUT2D eigenvalue weighted by molar-refractivity contribution is 9.10. The van der Waals surface area contributed by atoms with Gasteiger partial charge < -0.3 is 4.90 Å². The molecular weight excluding hydrogens is 292 g/mol. The Balaban J connectivity index is 2.42. The Labute approximate surface area is 114 Å². The Morgan fingerprint density at radius 1 is 1.50 bits per heavy atom. The SMILES string of the molecule is CC(C#N)CN(C)c1ccnc2cc(Br)cnc12. The van der Waals surface area contributed by atoms with Crippen LogP contribution in [0.3, 0.4) is 0 Å². The molecule has 4 nitrogen and oxygen atoms in total. The highest BCUT2D eigenvalue weighted by atomic mass is 79.9. The zero-order valence-corrected chi connectivity index (χ0v) is 11.8. The molecule has 0 aliphatic rings. The van der Waals surface area contributed by atoms with Crippen molar-refractivity contribution in [2.75, 3.05) is 18.5 Å². The zero-order valence-electron chi connectivity index (χ0n) is 10.3. The van der Waals surface area contributed by atoms with Crippen molar-refractivity contribution in [2.45, 2.75) is 6.92 Å². The number of hydrogen-bond acceptors (Lipinski definition) is 4. The molecule has 0 bridgehead atoms. The largest absolute Gasteiger partial charge is 0.371 e. The van der Waals surface area contributed by atoms with Gasteiger partial charge in [-0.05, 0) is 35.0 Å². The first-order valence-electron chi connectivity index (χ1n) is 5.63. The maximum Gasteiger partial charge on any atom is 0.112 e. The van der Waals surface area contributed by atoms with Crippen molar-refractivity contribution in [3.63, 3.8) is 0 Å². The van der Waals surface area contributed by atoms with E-state index in [9.17, 15) is 0 Å². The second-order valence-electron chi connectivity index (χ2n) is 4.26. The van der Waals surface area contributed by atoms with E-state index < -0.39 is 0 Å². The summed E-state index contributed by atoms with van der Waals surface area (Å²) < 4.78 is 0.910. The van der Waals surface area contributed by atoms with Crippen LogP contribution in [-0.2, 0) is 0 Å². The first kappa shape index (κ1) is 12.8. The summed E-state index contributed by atoms with van der Waals surface area (Å²) in [5.41, 5.74) is 2.70. The first-order valence-corrected chi connectivity index (χ1v) is 6.42. The molecule has 1 unspecified atom stereocenters. The number of fused-ring (bicyclic) bond motifs is 1. The molecule has 0 aromatic carbocycles. The number of aromatic nitrogens is 2. The molecular formula is C13H13BrN4. The van der Waals surface area contributed by atoms with Crippen LogP contribution in [0, 0.1) is 17.2 Å². The average molecular weight is 305 g/mol. The molecule has 0 spiro atoms. The van der Waals surface area contributed by atoms with Gasteiger partial charge in [0.2, 0.25) is 0 Å². The predicted molar refractivity (Wildman–Crippen MR) is 75.3 cm³/mol. The Hall–Kier alpha value is -1.67. The third kappa shape index (κ3) is 2.59. The van der Waals surface area contributed by atoms with Gasteiger partial charge in [-0.2, -0.15) is 5.26 Å². The monoisotopic (exact) mass is 304 g/mol.